The van der Waals surface area contributed by atoms with Crippen LogP contribution in [0.5, 0.6) is 0 Å². The highest BCUT2D eigenvalue weighted by molar-refractivity contribution is 6.30. The summed E-state index contributed by atoms with van der Waals surface area (Å²) in [5.41, 5.74) is 1.77. The van der Waals surface area contributed by atoms with Crippen LogP contribution >= 0.6 is 11.6 Å². The number of hydrogen-bond acceptors (Lipinski definition) is 3. The van der Waals surface area contributed by atoms with E-state index in [0.29, 0.717) is 40.6 Å². The van der Waals surface area contributed by atoms with E-state index in [1.807, 2.05) is 0 Å². The second-order valence-corrected chi connectivity index (χ2v) is 6.10. The first kappa shape index (κ1) is 17.9. The summed E-state index contributed by atoms with van der Waals surface area (Å²) in [5, 5.41) is 6.52. The molecule has 0 bridgehead atoms. The summed E-state index contributed by atoms with van der Waals surface area (Å²) in [6.07, 6.45) is 2.08. The van der Waals surface area contributed by atoms with Crippen LogP contribution in [0.3, 0.4) is 0 Å². The number of nitrogens with zero attached hydrogens (tertiary/aromatic N) is 1. The molecule has 3 rings (SSSR count). The SMILES string of the molecule is O=C(Nc1ccc(Cl)cc1)c1ccnc(NCCc2ccccc2F)c1. The van der Waals surface area contributed by atoms with Crippen molar-refractivity contribution < 1.29 is 9.18 Å². The van der Waals surface area contributed by atoms with Gasteiger partial charge in [0.25, 0.3) is 5.91 Å². The molecule has 2 aromatic carbocycles. The van der Waals surface area contributed by atoms with E-state index in [4.69, 9.17) is 11.6 Å². The third-order valence-electron chi connectivity index (χ3n) is 3.78. The van der Waals surface area contributed by atoms with E-state index >= 15 is 0 Å². The highest BCUT2D eigenvalue weighted by atomic mass is 35.5. The van der Waals surface area contributed by atoms with E-state index in [1.165, 1.54) is 6.07 Å². The van der Waals surface area contributed by atoms with Gasteiger partial charge in [-0.25, -0.2) is 9.37 Å². The molecule has 4 nitrogen and oxygen atoms in total. The van der Waals surface area contributed by atoms with Gasteiger partial charge in [0.1, 0.15) is 11.6 Å². The van der Waals surface area contributed by atoms with E-state index in [-0.39, 0.29) is 11.7 Å². The normalized spacial score (nSPS) is 10.4. The number of carbonyl (C=O) groups is 1. The molecule has 1 aromatic heterocycles. The van der Waals surface area contributed by atoms with E-state index in [2.05, 4.69) is 15.6 Å². The monoisotopic (exact) mass is 369 g/mol. The number of hydrogen-bond donors (Lipinski definition) is 2. The van der Waals surface area contributed by atoms with Crippen LogP contribution < -0.4 is 10.6 Å². The van der Waals surface area contributed by atoms with Gasteiger partial charge in [-0.3, -0.25) is 4.79 Å². The minimum atomic E-state index is -0.244. The molecule has 0 saturated carbocycles. The average Bonchev–Trinajstić information content (AvgIpc) is 2.65. The summed E-state index contributed by atoms with van der Waals surface area (Å²) in [7, 11) is 0. The number of amides is 1. The second-order valence-electron chi connectivity index (χ2n) is 5.66. The summed E-state index contributed by atoms with van der Waals surface area (Å²) in [5.74, 6) is 0.0929. The number of benzene rings is 2. The zero-order chi connectivity index (χ0) is 18.4. The van der Waals surface area contributed by atoms with Crippen molar-refractivity contribution in [2.45, 2.75) is 6.42 Å². The molecule has 0 aliphatic rings. The molecule has 2 N–H and O–H groups in total. The molecule has 0 spiro atoms. The van der Waals surface area contributed by atoms with Gasteiger partial charge in [0, 0.05) is 29.0 Å². The van der Waals surface area contributed by atoms with Crippen molar-refractivity contribution >= 4 is 29.0 Å². The minimum absolute atomic E-state index is 0.224. The number of carbonyl (C=O) groups excluding carboxylic acids is 1. The lowest BCUT2D eigenvalue weighted by atomic mass is 10.1. The van der Waals surface area contributed by atoms with Crippen LogP contribution in [0.15, 0.2) is 66.9 Å². The third-order valence-corrected chi connectivity index (χ3v) is 4.03. The van der Waals surface area contributed by atoms with Crippen LogP contribution in [0.25, 0.3) is 0 Å². The second kappa shape index (κ2) is 8.45. The molecule has 0 unspecified atom stereocenters. The smallest absolute Gasteiger partial charge is 0.255 e. The van der Waals surface area contributed by atoms with Crippen LogP contribution in [0.4, 0.5) is 15.9 Å². The maximum atomic E-state index is 13.6. The number of nitrogens with one attached hydrogen (secondary N) is 2. The molecule has 1 heterocycles. The first-order valence-electron chi connectivity index (χ1n) is 8.12. The van der Waals surface area contributed by atoms with Crippen molar-refractivity contribution in [3.8, 4) is 0 Å². The lowest BCUT2D eigenvalue weighted by molar-refractivity contribution is 0.102. The first-order valence-corrected chi connectivity index (χ1v) is 8.50. The highest BCUT2D eigenvalue weighted by Crippen LogP contribution is 2.15. The summed E-state index contributed by atoms with van der Waals surface area (Å²) >= 11 is 5.84. The molecule has 0 radical (unpaired) electrons. The number of rotatable bonds is 6. The summed E-state index contributed by atoms with van der Waals surface area (Å²) < 4.78 is 13.6. The number of anilines is 2. The van der Waals surface area contributed by atoms with Crippen molar-refractivity contribution in [3.63, 3.8) is 0 Å². The van der Waals surface area contributed by atoms with Crippen molar-refractivity contribution in [3.05, 3.63) is 88.8 Å². The van der Waals surface area contributed by atoms with Gasteiger partial charge in [-0.15, -0.1) is 0 Å². The largest absolute Gasteiger partial charge is 0.370 e. The zero-order valence-corrected chi connectivity index (χ0v) is 14.6. The highest BCUT2D eigenvalue weighted by Gasteiger charge is 2.08. The molecule has 0 aliphatic carbocycles. The molecular formula is C20H17ClFN3O. The lowest BCUT2D eigenvalue weighted by Gasteiger charge is -2.09. The topological polar surface area (TPSA) is 54.0 Å². The quantitative estimate of drug-likeness (QED) is 0.657. The minimum Gasteiger partial charge on any atom is -0.370 e. The van der Waals surface area contributed by atoms with Gasteiger partial charge in [0.2, 0.25) is 0 Å². The van der Waals surface area contributed by atoms with Crippen LogP contribution in [0.1, 0.15) is 15.9 Å². The molecule has 26 heavy (non-hydrogen) atoms. The van der Waals surface area contributed by atoms with Gasteiger partial charge < -0.3 is 10.6 Å². The Bertz CT molecular complexity index is 900. The van der Waals surface area contributed by atoms with Gasteiger partial charge in [-0.1, -0.05) is 29.8 Å². The number of aromatic nitrogens is 1. The average molecular weight is 370 g/mol. The van der Waals surface area contributed by atoms with Gasteiger partial charge in [0.05, 0.1) is 0 Å². The standard InChI is InChI=1S/C20H17ClFN3O/c21-16-5-7-17(8-6-16)25-20(26)15-10-12-24-19(13-15)23-11-9-14-3-1-2-4-18(14)22/h1-8,10,12-13H,9,11H2,(H,23,24)(H,25,26). The lowest BCUT2D eigenvalue weighted by Crippen LogP contribution is -2.13. The third kappa shape index (κ3) is 4.80. The van der Waals surface area contributed by atoms with Crippen molar-refractivity contribution in [1.29, 1.82) is 0 Å². The number of pyridine rings is 1. The zero-order valence-electron chi connectivity index (χ0n) is 13.9. The molecule has 3 aromatic rings. The van der Waals surface area contributed by atoms with Crippen molar-refractivity contribution in [2.24, 2.45) is 0 Å². The Morgan fingerprint density at radius 1 is 1.08 bits per heavy atom. The van der Waals surface area contributed by atoms with Gasteiger partial charge >= 0.3 is 0 Å². The number of halogens is 2. The van der Waals surface area contributed by atoms with E-state index in [0.717, 1.165) is 0 Å². The van der Waals surface area contributed by atoms with Crippen molar-refractivity contribution in [1.82, 2.24) is 4.98 Å². The molecule has 0 aliphatic heterocycles. The Hall–Kier alpha value is -2.92. The Balaban J connectivity index is 1.59. The van der Waals surface area contributed by atoms with Gasteiger partial charge in [-0.2, -0.15) is 0 Å². The molecule has 0 atom stereocenters. The fraction of sp³-hybridized carbons (Fsp3) is 0.100. The molecule has 0 saturated heterocycles. The Labute approximate surface area is 156 Å². The fourth-order valence-corrected chi connectivity index (χ4v) is 2.56. The summed E-state index contributed by atoms with van der Waals surface area (Å²) in [6.45, 7) is 0.510. The molecule has 0 fully saturated rings. The Morgan fingerprint density at radius 2 is 1.85 bits per heavy atom. The van der Waals surface area contributed by atoms with E-state index in [1.54, 1.807) is 60.8 Å². The molecular weight excluding hydrogens is 353 g/mol. The maximum absolute atomic E-state index is 13.6. The Morgan fingerprint density at radius 3 is 2.62 bits per heavy atom. The van der Waals surface area contributed by atoms with Crippen LogP contribution in [0, 0.1) is 5.82 Å². The van der Waals surface area contributed by atoms with Gasteiger partial charge in [0.15, 0.2) is 0 Å². The molecule has 6 heteroatoms. The first-order chi connectivity index (χ1) is 12.6. The predicted octanol–water partition coefficient (Wildman–Crippen LogP) is 4.78. The van der Waals surface area contributed by atoms with Crippen molar-refractivity contribution in [2.75, 3.05) is 17.2 Å². The molecule has 1 amide bonds. The predicted molar refractivity (Wildman–Crippen MR) is 102 cm³/mol. The Kier molecular flexibility index (Phi) is 5.81. The maximum Gasteiger partial charge on any atom is 0.255 e. The fourth-order valence-electron chi connectivity index (χ4n) is 2.43. The van der Waals surface area contributed by atoms with Crippen LogP contribution in [-0.4, -0.2) is 17.4 Å². The van der Waals surface area contributed by atoms with Crippen LogP contribution in [-0.2, 0) is 6.42 Å². The van der Waals surface area contributed by atoms with E-state index < -0.39 is 0 Å². The van der Waals surface area contributed by atoms with Gasteiger partial charge in [-0.05, 0) is 54.4 Å². The summed E-state index contributed by atoms with van der Waals surface area (Å²) in [4.78, 5) is 16.5. The summed E-state index contributed by atoms with van der Waals surface area (Å²) in [6, 6.07) is 16.8. The molecule has 132 valence electrons. The van der Waals surface area contributed by atoms with Crippen LogP contribution in [0.2, 0.25) is 5.02 Å². The van der Waals surface area contributed by atoms with E-state index in [9.17, 15) is 9.18 Å².